The highest BCUT2D eigenvalue weighted by atomic mass is 32.2. The number of aryl methyl sites for hydroxylation is 2. The Morgan fingerprint density at radius 2 is 1.33 bits per heavy atom. The predicted molar refractivity (Wildman–Crippen MR) is 129 cm³/mol. The fraction of sp³-hybridized carbons (Fsp3) is 0.556. The fourth-order valence-electron chi connectivity index (χ4n) is 2.95. The van der Waals surface area contributed by atoms with Crippen molar-refractivity contribution < 1.29 is 4.21 Å². The molecule has 166 valence electrons. The van der Waals surface area contributed by atoms with Crippen LogP contribution in [0, 0.1) is 13.8 Å². The van der Waals surface area contributed by atoms with Crippen LogP contribution in [0.4, 0.5) is 0 Å². The van der Waals surface area contributed by atoms with Gasteiger partial charge >= 0.3 is 0 Å². The van der Waals surface area contributed by atoms with E-state index >= 15 is 0 Å². The van der Waals surface area contributed by atoms with E-state index in [1.807, 2.05) is 13.8 Å². The zero-order valence-electron chi connectivity index (χ0n) is 17.7. The van der Waals surface area contributed by atoms with E-state index in [2.05, 4.69) is 41.2 Å². The maximum Gasteiger partial charge on any atom is 0.166 e. The van der Waals surface area contributed by atoms with Crippen LogP contribution in [0.15, 0.2) is 12.7 Å². The van der Waals surface area contributed by atoms with Crippen LogP contribution in [-0.4, -0.2) is 72.1 Å². The third-order valence-corrected chi connectivity index (χ3v) is 7.48. The number of thiocarbonyl (C=S) groups is 2. The van der Waals surface area contributed by atoms with E-state index in [1.54, 1.807) is 26.7 Å². The Morgan fingerprint density at radius 1 is 0.933 bits per heavy atom. The lowest BCUT2D eigenvalue weighted by Crippen LogP contribution is -2.46. The third kappa shape index (κ3) is 7.03. The van der Waals surface area contributed by atoms with Gasteiger partial charge in [0.2, 0.25) is 0 Å². The lowest BCUT2D eigenvalue weighted by atomic mass is 10.2. The molecule has 0 aliphatic rings. The van der Waals surface area contributed by atoms with Crippen molar-refractivity contribution in [2.24, 2.45) is 0 Å². The second-order valence-corrected chi connectivity index (χ2v) is 9.66. The lowest BCUT2D eigenvalue weighted by Gasteiger charge is -2.24. The highest BCUT2D eigenvalue weighted by Gasteiger charge is 2.28. The molecule has 0 saturated carbocycles. The number of imidazole rings is 2. The maximum absolute atomic E-state index is 13.7. The lowest BCUT2D eigenvalue weighted by molar-refractivity contribution is 0.633. The molecule has 2 aromatic heterocycles. The minimum atomic E-state index is -1.23. The van der Waals surface area contributed by atoms with E-state index in [1.165, 1.54) is 0 Å². The van der Waals surface area contributed by atoms with Crippen molar-refractivity contribution in [2.75, 3.05) is 27.2 Å². The van der Waals surface area contributed by atoms with Crippen LogP contribution in [-0.2, 0) is 23.6 Å². The van der Waals surface area contributed by atoms with Gasteiger partial charge in [-0.15, -0.1) is 0 Å². The number of nitrogens with one attached hydrogen (secondary N) is 6. The molecule has 0 spiro atoms. The van der Waals surface area contributed by atoms with Crippen molar-refractivity contribution in [3.63, 3.8) is 0 Å². The summed E-state index contributed by atoms with van der Waals surface area (Å²) < 4.78 is 13.7. The Bertz CT molecular complexity index is 797. The molecule has 2 atom stereocenters. The van der Waals surface area contributed by atoms with Gasteiger partial charge in [-0.25, -0.2) is 9.97 Å². The molecule has 2 aromatic rings. The van der Waals surface area contributed by atoms with E-state index in [0.717, 1.165) is 22.8 Å². The molecule has 30 heavy (non-hydrogen) atoms. The van der Waals surface area contributed by atoms with E-state index in [9.17, 15) is 4.21 Å². The summed E-state index contributed by atoms with van der Waals surface area (Å²) in [6, 6.07) is 0. The third-order valence-electron chi connectivity index (χ3n) is 4.80. The molecule has 0 amide bonds. The average molecular weight is 471 g/mol. The normalized spacial score (nSPS) is 13.9. The summed E-state index contributed by atoms with van der Waals surface area (Å²) in [4.78, 5) is 15.0. The van der Waals surface area contributed by atoms with E-state index in [-0.39, 0.29) is 10.5 Å². The van der Waals surface area contributed by atoms with Gasteiger partial charge in [0.1, 0.15) is 0 Å². The SMILES string of the molecule is CNC(=S)NCC(Cc1nc[nH]c1C)S(=O)C(CNC(=S)NC)Cc1nc[nH]c1C. The second kappa shape index (κ2) is 12.0. The van der Waals surface area contributed by atoms with Crippen molar-refractivity contribution in [1.29, 1.82) is 0 Å². The zero-order valence-corrected chi connectivity index (χ0v) is 20.1. The number of hydrogen-bond acceptors (Lipinski definition) is 5. The second-order valence-electron chi connectivity index (χ2n) is 6.85. The van der Waals surface area contributed by atoms with E-state index in [0.29, 0.717) is 36.2 Å². The minimum Gasteiger partial charge on any atom is -0.366 e. The van der Waals surface area contributed by atoms with Gasteiger partial charge in [0.05, 0.1) is 34.5 Å². The molecule has 0 fully saturated rings. The molecule has 0 aliphatic carbocycles. The Balaban J connectivity index is 2.23. The average Bonchev–Trinajstić information content (AvgIpc) is 3.34. The number of rotatable bonds is 10. The molecular weight excluding hydrogens is 440 g/mol. The topological polar surface area (TPSA) is 123 Å². The molecule has 0 radical (unpaired) electrons. The number of H-pyrrole nitrogens is 2. The van der Waals surface area contributed by atoms with E-state index in [4.69, 9.17) is 24.4 Å². The van der Waals surface area contributed by atoms with Gasteiger partial charge in [-0.2, -0.15) is 0 Å². The summed E-state index contributed by atoms with van der Waals surface area (Å²) in [7, 11) is 2.28. The van der Waals surface area contributed by atoms with Crippen molar-refractivity contribution in [3.8, 4) is 0 Å². The van der Waals surface area contributed by atoms with Gasteiger partial charge in [-0.05, 0) is 38.3 Å². The van der Waals surface area contributed by atoms with Gasteiger partial charge in [0.25, 0.3) is 0 Å². The zero-order chi connectivity index (χ0) is 22.1. The number of nitrogens with zero attached hydrogens (tertiary/aromatic N) is 2. The number of aromatic amines is 2. The molecule has 0 aromatic carbocycles. The summed E-state index contributed by atoms with van der Waals surface area (Å²) in [5, 5.41) is 12.7. The number of aromatic nitrogens is 4. The summed E-state index contributed by atoms with van der Waals surface area (Å²) in [5.74, 6) is 0. The van der Waals surface area contributed by atoms with Gasteiger partial charge in [0, 0.05) is 62.2 Å². The van der Waals surface area contributed by atoms with Crippen LogP contribution in [0.1, 0.15) is 22.8 Å². The molecule has 0 aliphatic heterocycles. The van der Waals surface area contributed by atoms with Crippen molar-refractivity contribution in [1.82, 2.24) is 41.2 Å². The molecule has 6 N–H and O–H groups in total. The largest absolute Gasteiger partial charge is 0.366 e. The smallest absolute Gasteiger partial charge is 0.166 e. The predicted octanol–water partition coefficient (Wildman–Crippen LogP) is 0.209. The van der Waals surface area contributed by atoms with Crippen molar-refractivity contribution in [3.05, 3.63) is 35.4 Å². The van der Waals surface area contributed by atoms with Crippen molar-refractivity contribution >= 4 is 45.5 Å². The first-order chi connectivity index (χ1) is 14.3. The molecule has 2 heterocycles. The molecule has 0 saturated heterocycles. The quantitative estimate of drug-likeness (QED) is 0.271. The molecule has 2 unspecified atom stereocenters. The van der Waals surface area contributed by atoms with Crippen LogP contribution >= 0.6 is 24.4 Å². The Hall–Kier alpha value is -2.05. The monoisotopic (exact) mass is 470 g/mol. The minimum absolute atomic E-state index is 0.201. The van der Waals surface area contributed by atoms with Crippen LogP contribution in [0.3, 0.4) is 0 Å². The van der Waals surface area contributed by atoms with Crippen LogP contribution in [0.25, 0.3) is 0 Å². The standard InChI is InChI=1S/C18H30N8OS3/c1-11-15(25-9-23-11)5-13(7-21-17(28)19-3)30(27)14(8-22-18(29)20-4)6-16-12(2)24-10-26-16/h9-10,13-14H,5-8H2,1-4H3,(H,23,25)(H,24,26)(H2,19,21,28)(H2,20,22,29). The molecule has 9 nitrogen and oxygen atoms in total. The van der Waals surface area contributed by atoms with Crippen molar-refractivity contribution in [2.45, 2.75) is 37.2 Å². The first-order valence-corrected chi connectivity index (χ1v) is 11.7. The summed E-state index contributed by atoms with van der Waals surface area (Å²) >= 11 is 10.4. The highest BCUT2D eigenvalue weighted by molar-refractivity contribution is 7.86. The molecular formula is C18H30N8OS3. The Labute approximate surface area is 190 Å². The number of hydrogen-bond donors (Lipinski definition) is 6. The van der Waals surface area contributed by atoms with Gasteiger partial charge in [-0.1, -0.05) is 0 Å². The first-order valence-electron chi connectivity index (χ1n) is 9.63. The molecule has 12 heteroatoms. The summed E-state index contributed by atoms with van der Waals surface area (Å²) in [6.07, 6.45) is 4.45. The van der Waals surface area contributed by atoms with Gasteiger partial charge in [-0.3, -0.25) is 4.21 Å². The highest BCUT2D eigenvalue weighted by Crippen LogP contribution is 2.16. The summed E-state index contributed by atoms with van der Waals surface area (Å²) in [6.45, 7) is 4.85. The van der Waals surface area contributed by atoms with Crippen LogP contribution in [0.2, 0.25) is 0 Å². The van der Waals surface area contributed by atoms with Crippen LogP contribution < -0.4 is 21.3 Å². The molecule has 2 rings (SSSR count). The Morgan fingerprint density at radius 3 is 1.63 bits per heavy atom. The first kappa shape index (κ1) is 24.2. The van der Waals surface area contributed by atoms with E-state index < -0.39 is 10.8 Å². The fourth-order valence-corrected chi connectivity index (χ4v) is 4.80. The molecule has 0 bridgehead atoms. The van der Waals surface area contributed by atoms with Gasteiger partial charge in [0.15, 0.2) is 10.2 Å². The summed E-state index contributed by atoms with van der Waals surface area (Å²) in [5.41, 5.74) is 3.75. The van der Waals surface area contributed by atoms with Crippen LogP contribution in [0.5, 0.6) is 0 Å². The Kier molecular flexibility index (Phi) is 9.66. The van der Waals surface area contributed by atoms with Gasteiger partial charge < -0.3 is 31.2 Å². The maximum atomic E-state index is 13.7.